The van der Waals surface area contributed by atoms with E-state index in [0.717, 1.165) is 35.2 Å². The molecule has 6 nitrogen and oxygen atoms in total. The van der Waals surface area contributed by atoms with Crippen molar-refractivity contribution in [3.05, 3.63) is 45.6 Å². The summed E-state index contributed by atoms with van der Waals surface area (Å²) >= 11 is 4.86. The predicted octanol–water partition coefficient (Wildman–Crippen LogP) is 4.51. The van der Waals surface area contributed by atoms with Gasteiger partial charge in [0.15, 0.2) is 10.9 Å². The number of aromatic nitrogens is 1. The molecule has 8 heteroatoms. The largest absolute Gasteiger partial charge is 0.450 e. The number of para-hydroxylation sites is 1. The summed E-state index contributed by atoms with van der Waals surface area (Å²) in [5, 5.41) is 6.26. The van der Waals surface area contributed by atoms with Crippen molar-refractivity contribution >= 4 is 49.3 Å². The fraction of sp³-hybridized carbons (Fsp3) is 0.368. The average molecular weight is 450 g/mol. The number of nitrogens with zero attached hydrogens (tertiary/aromatic N) is 2. The number of thiazole rings is 1. The summed E-state index contributed by atoms with van der Waals surface area (Å²) in [4.78, 5) is 19.4. The Hall–Kier alpha value is -1.74. The molecule has 0 saturated carbocycles. The minimum absolute atomic E-state index is 0.221. The molecule has 1 aliphatic rings. The number of hydrogen-bond donors (Lipinski definition) is 1. The molecule has 142 valence electrons. The van der Waals surface area contributed by atoms with E-state index in [9.17, 15) is 4.79 Å². The number of rotatable bonds is 4. The van der Waals surface area contributed by atoms with Crippen molar-refractivity contribution in [1.82, 2.24) is 9.88 Å². The quantitative estimate of drug-likeness (QED) is 0.634. The molecule has 27 heavy (non-hydrogen) atoms. The number of ether oxygens (including phenoxy) is 1. The summed E-state index contributed by atoms with van der Waals surface area (Å²) < 4.78 is 12.3. The Kier molecular flexibility index (Phi) is 5.32. The van der Waals surface area contributed by atoms with E-state index in [1.165, 1.54) is 11.3 Å². The second kappa shape index (κ2) is 7.71. The highest BCUT2D eigenvalue weighted by Crippen LogP contribution is 2.28. The summed E-state index contributed by atoms with van der Waals surface area (Å²) in [6.45, 7) is 6.69. The van der Waals surface area contributed by atoms with Gasteiger partial charge >= 0.3 is 0 Å². The first kappa shape index (κ1) is 18.6. The number of carbonyl (C=O) groups excluding carboxylic acids is 1. The van der Waals surface area contributed by atoms with Crippen LogP contribution in [0.15, 0.2) is 38.5 Å². The fourth-order valence-electron chi connectivity index (χ4n) is 3.38. The summed E-state index contributed by atoms with van der Waals surface area (Å²) in [6.07, 6.45) is 0.443. The highest BCUT2D eigenvalue weighted by atomic mass is 79.9. The molecular weight excluding hydrogens is 430 g/mol. The van der Waals surface area contributed by atoms with E-state index in [2.05, 4.69) is 45.0 Å². The Morgan fingerprint density at radius 2 is 2.15 bits per heavy atom. The van der Waals surface area contributed by atoms with Gasteiger partial charge in [-0.05, 0) is 41.9 Å². The smallest absolute Gasteiger partial charge is 0.293 e. The van der Waals surface area contributed by atoms with E-state index in [1.54, 1.807) is 6.07 Å². The van der Waals surface area contributed by atoms with E-state index in [-0.39, 0.29) is 23.9 Å². The minimum atomic E-state index is -0.299. The highest BCUT2D eigenvalue weighted by molar-refractivity contribution is 9.10. The fourth-order valence-corrected chi connectivity index (χ4v) is 4.54. The van der Waals surface area contributed by atoms with Crippen LogP contribution in [0.25, 0.3) is 11.0 Å². The molecule has 1 aliphatic heterocycles. The molecule has 1 fully saturated rings. The molecular formula is C19H20BrN3O3S. The lowest BCUT2D eigenvalue weighted by Crippen LogP contribution is -2.44. The molecule has 0 radical (unpaired) electrons. The lowest BCUT2D eigenvalue weighted by molar-refractivity contribution is -0.0707. The average Bonchev–Trinajstić information content (AvgIpc) is 3.21. The van der Waals surface area contributed by atoms with Crippen LogP contribution in [0, 0.1) is 0 Å². The lowest BCUT2D eigenvalue weighted by Gasteiger charge is -2.34. The van der Waals surface area contributed by atoms with Crippen LogP contribution >= 0.6 is 27.3 Å². The number of nitrogens with one attached hydrogen (secondary N) is 1. The molecule has 3 heterocycles. The zero-order chi connectivity index (χ0) is 19.0. The van der Waals surface area contributed by atoms with Gasteiger partial charge in [-0.1, -0.05) is 12.1 Å². The van der Waals surface area contributed by atoms with Gasteiger partial charge in [0.05, 0.1) is 22.4 Å². The molecule has 1 amide bonds. The standard InChI is InChI=1S/C19H20BrN3O3S/c1-11-7-23(8-12(2)25-11)9-14-10-27-19(21-14)22-18(24)16-6-13-4-3-5-15(20)17(13)26-16/h3-6,10-12H,7-9H2,1-2H3,(H,21,22,24). The first-order chi connectivity index (χ1) is 13.0. The molecule has 1 saturated heterocycles. The first-order valence-electron chi connectivity index (χ1n) is 8.79. The van der Waals surface area contributed by atoms with E-state index in [1.807, 2.05) is 23.6 Å². The van der Waals surface area contributed by atoms with Crippen LogP contribution in [0.1, 0.15) is 30.1 Å². The molecule has 4 rings (SSSR count). The van der Waals surface area contributed by atoms with Crippen LogP contribution in [-0.2, 0) is 11.3 Å². The maximum Gasteiger partial charge on any atom is 0.293 e. The number of hydrogen-bond acceptors (Lipinski definition) is 6. The molecule has 3 aromatic rings. The maximum atomic E-state index is 12.5. The second-order valence-electron chi connectivity index (χ2n) is 6.82. The third-order valence-corrected chi connectivity index (χ3v) is 5.80. The summed E-state index contributed by atoms with van der Waals surface area (Å²) in [6, 6.07) is 7.44. The van der Waals surface area contributed by atoms with Crippen molar-refractivity contribution < 1.29 is 13.9 Å². The van der Waals surface area contributed by atoms with Gasteiger partial charge in [0.1, 0.15) is 5.58 Å². The van der Waals surface area contributed by atoms with Crippen LogP contribution in [0.4, 0.5) is 5.13 Å². The Morgan fingerprint density at radius 3 is 2.89 bits per heavy atom. The zero-order valence-corrected chi connectivity index (χ0v) is 17.5. The van der Waals surface area contributed by atoms with Gasteiger partial charge < -0.3 is 9.15 Å². The van der Waals surface area contributed by atoms with Gasteiger partial charge in [-0.15, -0.1) is 11.3 Å². The molecule has 2 unspecified atom stereocenters. The zero-order valence-electron chi connectivity index (χ0n) is 15.1. The number of benzene rings is 1. The molecule has 2 atom stereocenters. The van der Waals surface area contributed by atoms with Crippen LogP contribution < -0.4 is 5.32 Å². The van der Waals surface area contributed by atoms with Crippen molar-refractivity contribution in [2.45, 2.75) is 32.6 Å². The van der Waals surface area contributed by atoms with Gasteiger partial charge in [-0.3, -0.25) is 15.0 Å². The molecule has 1 N–H and O–H groups in total. The normalized spacial score (nSPS) is 20.9. The van der Waals surface area contributed by atoms with Crippen LogP contribution in [0.3, 0.4) is 0 Å². The highest BCUT2D eigenvalue weighted by Gasteiger charge is 2.23. The Bertz CT molecular complexity index is 960. The van der Waals surface area contributed by atoms with E-state index in [4.69, 9.17) is 9.15 Å². The molecule has 0 spiro atoms. The van der Waals surface area contributed by atoms with Crippen molar-refractivity contribution in [2.75, 3.05) is 18.4 Å². The molecule has 0 bridgehead atoms. The third kappa shape index (κ3) is 4.24. The Morgan fingerprint density at radius 1 is 1.37 bits per heavy atom. The Labute approximate surface area is 169 Å². The third-order valence-electron chi connectivity index (χ3n) is 4.37. The lowest BCUT2D eigenvalue weighted by atomic mass is 10.2. The summed E-state index contributed by atoms with van der Waals surface area (Å²) in [7, 11) is 0. The Balaban J connectivity index is 1.42. The summed E-state index contributed by atoms with van der Waals surface area (Å²) in [5.41, 5.74) is 1.61. The molecule has 0 aliphatic carbocycles. The predicted molar refractivity (Wildman–Crippen MR) is 109 cm³/mol. The maximum absolute atomic E-state index is 12.5. The van der Waals surface area contributed by atoms with Gasteiger partial charge in [-0.2, -0.15) is 0 Å². The minimum Gasteiger partial charge on any atom is -0.450 e. The number of carbonyl (C=O) groups is 1. The van der Waals surface area contributed by atoms with E-state index < -0.39 is 0 Å². The van der Waals surface area contributed by atoms with Crippen LogP contribution in [0.2, 0.25) is 0 Å². The summed E-state index contributed by atoms with van der Waals surface area (Å²) in [5.74, 6) is -0.0305. The number of amides is 1. The SMILES string of the molecule is CC1CN(Cc2csc(NC(=O)c3cc4cccc(Br)c4o3)n2)CC(C)O1. The number of anilines is 1. The van der Waals surface area contributed by atoms with Gasteiger partial charge in [-0.25, -0.2) is 4.98 Å². The van der Waals surface area contributed by atoms with Crippen molar-refractivity contribution in [2.24, 2.45) is 0 Å². The number of fused-ring (bicyclic) bond motifs is 1. The molecule has 1 aromatic carbocycles. The monoisotopic (exact) mass is 449 g/mol. The number of halogens is 1. The van der Waals surface area contributed by atoms with Gasteiger partial charge in [0.25, 0.3) is 5.91 Å². The number of morpholine rings is 1. The van der Waals surface area contributed by atoms with Gasteiger partial charge in [0.2, 0.25) is 0 Å². The van der Waals surface area contributed by atoms with Crippen LogP contribution in [0.5, 0.6) is 0 Å². The van der Waals surface area contributed by atoms with Crippen molar-refractivity contribution in [3.8, 4) is 0 Å². The van der Waals surface area contributed by atoms with E-state index >= 15 is 0 Å². The van der Waals surface area contributed by atoms with E-state index in [0.29, 0.717) is 10.7 Å². The van der Waals surface area contributed by atoms with Gasteiger partial charge in [0, 0.05) is 30.4 Å². The van der Waals surface area contributed by atoms with Crippen molar-refractivity contribution in [3.63, 3.8) is 0 Å². The number of furan rings is 1. The first-order valence-corrected chi connectivity index (χ1v) is 10.5. The van der Waals surface area contributed by atoms with Crippen LogP contribution in [-0.4, -0.2) is 41.1 Å². The molecule has 2 aromatic heterocycles. The topological polar surface area (TPSA) is 67.6 Å². The second-order valence-corrected chi connectivity index (χ2v) is 8.53. The van der Waals surface area contributed by atoms with Crippen molar-refractivity contribution in [1.29, 1.82) is 0 Å².